The lowest BCUT2D eigenvalue weighted by Crippen LogP contribution is -2.34. The van der Waals surface area contributed by atoms with Gasteiger partial charge >= 0.3 is 6.18 Å². The minimum atomic E-state index is -4.54. The molecule has 3 aromatic heterocycles. The van der Waals surface area contributed by atoms with Crippen LogP contribution in [0.1, 0.15) is 40.3 Å². The molecule has 12 heteroatoms. The molecular formula is C22H21F4N7O. The predicted octanol–water partition coefficient (Wildman–Crippen LogP) is 3.79. The van der Waals surface area contributed by atoms with E-state index in [2.05, 4.69) is 25.3 Å². The molecule has 0 aliphatic heterocycles. The number of nitrogens with one attached hydrogen (secondary N) is 1. The number of carbonyl (C=O) groups is 1. The largest absolute Gasteiger partial charge is 0.417 e. The van der Waals surface area contributed by atoms with Gasteiger partial charge in [0.2, 0.25) is 0 Å². The zero-order valence-corrected chi connectivity index (χ0v) is 18.2. The Morgan fingerprint density at radius 3 is 2.47 bits per heavy atom. The van der Waals surface area contributed by atoms with Crippen molar-refractivity contribution in [3.05, 3.63) is 83.3 Å². The van der Waals surface area contributed by atoms with Gasteiger partial charge < -0.3 is 16.0 Å². The lowest BCUT2D eigenvalue weighted by molar-refractivity contribution is -0.137. The van der Waals surface area contributed by atoms with Crippen molar-refractivity contribution in [2.45, 2.75) is 25.7 Å². The quantitative estimate of drug-likeness (QED) is 0.319. The number of halogens is 4. The molecule has 0 radical (unpaired) electrons. The van der Waals surface area contributed by atoms with Crippen molar-refractivity contribution in [1.82, 2.24) is 19.9 Å². The molecule has 0 spiro atoms. The Morgan fingerprint density at radius 2 is 1.91 bits per heavy atom. The van der Waals surface area contributed by atoms with Crippen molar-refractivity contribution in [1.29, 1.82) is 0 Å². The standard InChI is InChI=1S/C22H21F4N7O/c1-13(19-17(23)4-3-9-29-19)33(12-16-7-6-15(11-30-16)22(24,25)26)20(34)14-5-8-18(31-10-14)32-21(27)28-2/h3-11,13H,12H2,1-2H3,(H3,27,28,31,32)/t13-/m0/s1. The monoisotopic (exact) mass is 475 g/mol. The fourth-order valence-corrected chi connectivity index (χ4v) is 3.05. The van der Waals surface area contributed by atoms with Crippen molar-refractivity contribution < 1.29 is 22.4 Å². The summed E-state index contributed by atoms with van der Waals surface area (Å²) in [5.41, 5.74) is 5.02. The van der Waals surface area contributed by atoms with Crippen molar-refractivity contribution in [3.63, 3.8) is 0 Å². The Labute approximate surface area is 192 Å². The van der Waals surface area contributed by atoms with Crippen LogP contribution < -0.4 is 11.1 Å². The van der Waals surface area contributed by atoms with Gasteiger partial charge in [0.15, 0.2) is 5.96 Å². The molecule has 0 fully saturated rings. The van der Waals surface area contributed by atoms with E-state index < -0.39 is 29.5 Å². The molecular weight excluding hydrogens is 454 g/mol. The minimum absolute atomic E-state index is 0.000869. The van der Waals surface area contributed by atoms with E-state index in [0.29, 0.717) is 12.0 Å². The molecule has 3 rings (SSSR count). The molecule has 3 N–H and O–H groups in total. The number of pyridine rings is 3. The van der Waals surface area contributed by atoms with Crippen molar-refractivity contribution in [2.24, 2.45) is 10.7 Å². The summed E-state index contributed by atoms with van der Waals surface area (Å²) in [5, 5.41) is 2.73. The first-order valence-electron chi connectivity index (χ1n) is 9.99. The average molecular weight is 475 g/mol. The summed E-state index contributed by atoms with van der Waals surface area (Å²) in [6.07, 6.45) is -1.18. The van der Waals surface area contributed by atoms with Crippen molar-refractivity contribution in [2.75, 3.05) is 12.4 Å². The van der Waals surface area contributed by atoms with E-state index in [4.69, 9.17) is 5.73 Å². The predicted molar refractivity (Wildman–Crippen MR) is 117 cm³/mol. The van der Waals surface area contributed by atoms with E-state index in [1.165, 1.54) is 54.7 Å². The highest BCUT2D eigenvalue weighted by atomic mass is 19.4. The highest BCUT2D eigenvalue weighted by Crippen LogP contribution is 2.29. The van der Waals surface area contributed by atoms with E-state index in [0.717, 1.165) is 6.07 Å². The Kier molecular flexibility index (Phi) is 7.39. The summed E-state index contributed by atoms with van der Waals surface area (Å²) in [5.74, 6) is -0.698. The van der Waals surface area contributed by atoms with Gasteiger partial charge in [0, 0.05) is 25.6 Å². The van der Waals surface area contributed by atoms with Gasteiger partial charge in [-0.25, -0.2) is 9.37 Å². The Morgan fingerprint density at radius 1 is 1.15 bits per heavy atom. The van der Waals surface area contributed by atoms with Gasteiger partial charge in [-0.3, -0.25) is 19.8 Å². The number of amides is 1. The van der Waals surface area contributed by atoms with E-state index >= 15 is 0 Å². The third kappa shape index (κ3) is 5.82. The van der Waals surface area contributed by atoms with Crippen LogP contribution in [0.4, 0.5) is 23.4 Å². The molecule has 8 nitrogen and oxygen atoms in total. The van der Waals surface area contributed by atoms with Crippen LogP contribution in [-0.2, 0) is 12.7 Å². The van der Waals surface area contributed by atoms with Crippen molar-refractivity contribution in [3.8, 4) is 0 Å². The highest BCUT2D eigenvalue weighted by Gasteiger charge is 2.31. The zero-order valence-electron chi connectivity index (χ0n) is 18.2. The van der Waals surface area contributed by atoms with E-state index in [1.54, 1.807) is 6.92 Å². The van der Waals surface area contributed by atoms with Crippen LogP contribution in [0.5, 0.6) is 0 Å². The fraction of sp³-hybridized carbons (Fsp3) is 0.227. The highest BCUT2D eigenvalue weighted by molar-refractivity contribution is 5.95. The summed E-state index contributed by atoms with van der Waals surface area (Å²) in [4.78, 5) is 30.3. The number of anilines is 1. The summed E-state index contributed by atoms with van der Waals surface area (Å²) >= 11 is 0. The smallest absolute Gasteiger partial charge is 0.370 e. The number of hydrogen-bond donors (Lipinski definition) is 2. The van der Waals surface area contributed by atoms with Crippen LogP contribution in [-0.4, -0.2) is 38.8 Å². The summed E-state index contributed by atoms with van der Waals surface area (Å²) in [6.45, 7) is 1.37. The first kappa shape index (κ1) is 24.6. The third-order valence-electron chi connectivity index (χ3n) is 4.90. The lowest BCUT2D eigenvalue weighted by atomic mass is 10.1. The van der Waals surface area contributed by atoms with Crippen LogP contribution >= 0.6 is 0 Å². The molecule has 0 saturated heterocycles. The van der Waals surface area contributed by atoms with Crippen LogP contribution in [0.15, 0.2) is 60.0 Å². The van der Waals surface area contributed by atoms with Gasteiger partial charge in [-0.2, -0.15) is 13.2 Å². The van der Waals surface area contributed by atoms with Gasteiger partial charge in [0.1, 0.15) is 11.6 Å². The van der Waals surface area contributed by atoms with E-state index in [-0.39, 0.29) is 29.5 Å². The molecule has 3 heterocycles. The van der Waals surface area contributed by atoms with E-state index in [9.17, 15) is 22.4 Å². The topological polar surface area (TPSA) is 109 Å². The van der Waals surface area contributed by atoms with Crippen LogP contribution in [0.3, 0.4) is 0 Å². The molecule has 0 unspecified atom stereocenters. The second kappa shape index (κ2) is 10.2. The number of aliphatic imine (C=N–C) groups is 1. The molecule has 0 aliphatic carbocycles. The minimum Gasteiger partial charge on any atom is -0.370 e. The molecule has 0 aliphatic rings. The van der Waals surface area contributed by atoms with Gasteiger partial charge in [0.25, 0.3) is 5.91 Å². The number of hydrogen-bond acceptors (Lipinski definition) is 5. The second-order valence-corrected chi connectivity index (χ2v) is 7.18. The van der Waals surface area contributed by atoms with Crippen LogP contribution in [0.2, 0.25) is 0 Å². The fourth-order valence-electron chi connectivity index (χ4n) is 3.05. The number of nitrogens with two attached hydrogens (primary N) is 1. The Hall–Kier alpha value is -4.09. The number of alkyl halides is 3. The van der Waals surface area contributed by atoms with Gasteiger partial charge in [0.05, 0.1) is 35.1 Å². The second-order valence-electron chi connectivity index (χ2n) is 7.18. The van der Waals surface area contributed by atoms with Crippen LogP contribution in [0, 0.1) is 5.82 Å². The van der Waals surface area contributed by atoms with Crippen molar-refractivity contribution >= 4 is 17.7 Å². The van der Waals surface area contributed by atoms with E-state index in [1.807, 2.05) is 0 Å². The average Bonchev–Trinajstić information content (AvgIpc) is 2.82. The maximum absolute atomic E-state index is 14.4. The first-order chi connectivity index (χ1) is 16.1. The Bertz CT molecular complexity index is 1170. The third-order valence-corrected chi connectivity index (χ3v) is 4.90. The molecule has 0 aromatic carbocycles. The molecule has 1 atom stereocenters. The molecule has 34 heavy (non-hydrogen) atoms. The number of rotatable bonds is 6. The van der Waals surface area contributed by atoms with Gasteiger partial charge in [-0.05, 0) is 43.3 Å². The number of guanidine groups is 1. The summed E-state index contributed by atoms with van der Waals surface area (Å²) in [7, 11) is 1.49. The number of aromatic nitrogens is 3. The molecule has 0 saturated carbocycles. The maximum Gasteiger partial charge on any atom is 0.417 e. The first-order valence-corrected chi connectivity index (χ1v) is 9.99. The maximum atomic E-state index is 14.4. The molecule has 0 bridgehead atoms. The Balaban J connectivity index is 1.92. The normalized spacial score (nSPS) is 12.8. The van der Waals surface area contributed by atoms with Gasteiger partial charge in [-0.1, -0.05) is 0 Å². The molecule has 1 amide bonds. The number of carbonyl (C=O) groups excluding carboxylic acids is 1. The SMILES string of the molecule is CN=C(N)Nc1ccc(C(=O)N(Cc2ccc(C(F)(F)F)cn2)[C@@H](C)c2ncccc2F)cn1. The molecule has 3 aromatic rings. The number of nitrogens with zero attached hydrogens (tertiary/aromatic N) is 5. The summed E-state index contributed by atoms with van der Waals surface area (Å²) in [6, 6.07) is 6.79. The summed E-state index contributed by atoms with van der Waals surface area (Å²) < 4.78 is 53.0. The molecule has 178 valence electrons. The lowest BCUT2D eigenvalue weighted by Gasteiger charge is -2.29. The van der Waals surface area contributed by atoms with Gasteiger partial charge in [-0.15, -0.1) is 0 Å². The zero-order chi connectivity index (χ0) is 24.9. The van der Waals surface area contributed by atoms with Crippen LogP contribution in [0.25, 0.3) is 0 Å².